The van der Waals surface area contributed by atoms with E-state index in [1.807, 2.05) is 0 Å². The smallest absolute Gasteiger partial charge is 0.387 e. The van der Waals surface area contributed by atoms with E-state index in [9.17, 15) is 18.4 Å². The van der Waals surface area contributed by atoms with Crippen LogP contribution >= 0.6 is 0 Å². The number of benzene rings is 2. The van der Waals surface area contributed by atoms with E-state index in [0.717, 1.165) is 0 Å². The van der Waals surface area contributed by atoms with Crippen LogP contribution in [0.3, 0.4) is 0 Å². The fourth-order valence-corrected chi connectivity index (χ4v) is 2.02. The lowest BCUT2D eigenvalue weighted by molar-refractivity contribution is -0.0498. The van der Waals surface area contributed by atoms with Crippen molar-refractivity contribution >= 4 is 17.5 Å². The van der Waals surface area contributed by atoms with Gasteiger partial charge in [0, 0.05) is 5.56 Å². The third kappa shape index (κ3) is 5.04. The number of alkyl halides is 2. The molecule has 0 fully saturated rings. The van der Waals surface area contributed by atoms with Gasteiger partial charge in [0.1, 0.15) is 5.75 Å². The molecule has 0 aliphatic carbocycles. The molecule has 2 aromatic rings. The number of anilines is 1. The second-order valence-corrected chi connectivity index (χ2v) is 4.79. The summed E-state index contributed by atoms with van der Waals surface area (Å²) in [6, 6.07) is 11.7. The van der Waals surface area contributed by atoms with Gasteiger partial charge in [-0.2, -0.15) is 8.78 Å². The SMILES string of the molecule is C#CCNC(=O)c1ccccc1NC(=O)c1cccc(OC(F)F)c1. The summed E-state index contributed by atoms with van der Waals surface area (Å²) in [5, 5.41) is 5.07. The number of para-hydroxylation sites is 1. The predicted octanol–water partition coefficient (Wildman–Crippen LogP) is 2.90. The average molecular weight is 344 g/mol. The normalized spacial score (nSPS) is 10.0. The minimum absolute atomic E-state index is 0.0497. The Morgan fingerprint density at radius 3 is 2.60 bits per heavy atom. The predicted molar refractivity (Wildman–Crippen MR) is 88.6 cm³/mol. The first kappa shape index (κ1) is 17.9. The van der Waals surface area contributed by atoms with E-state index >= 15 is 0 Å². The van der Waals surface area contributed by atoms with Crippen LogP contribution in [-0.2, 0) is 0 Å². The monoisotopic (exact) mass is 344 g/mol. The Balaban J connectivity index is 2.18. The molecule has 0 atom stereocenters. The second kappa shape index (κ2) is 8.45. The molecule has 2 N–H and O–H groups in total. The molecule has 0 radical (unpaired) electrons. The van der Waals surface area contributed by atoms with Crippen molar-refractivity contribution in [2.24, 2.45) is 0 Å². The van der Waals surface area contributed by atoms with Crippen molar-refractivity contribution in [3.05, 3.63) is 59.7 Å². The van der Waals surface area contributed by atoms with Gasteiger partial charge in [-0.15, -0.1) is 6.42 Å². The lowest BCUT2D eigenvalue weighted by Crippen LogP contribution is -2.25. The highest BCUT2D eigenvalue weighted by molar-refractivity contribution is 6.09. The van der Waals surface area contributed by atoms with Crippen LogP contribution in [0.1, 0.15) is 20.7 Å². The summed E-state index contributed by atoms with van der Waals surface area (Å²) in [5.41, 5.74) is 0.602. The summed E-state index contributed by atoms with van der Waals surface area (Å²) in [5.74, 6) is 1.13. The Morgan fingerprint density at radius 2 is 1.88 bits per heavy atom. The van der Waals surface area contributed by atoms with E-state index < -0.39 is 18.4 Å². The number of terminal acetylenes is 1. The Morgan fingerprint density at radius 1 is 1.12 bits per heavy atom. The molecule has 0 bridgehead atoms. The highest BCUT2D eigenvalue weighted by Crippen LogP contribution is 2.19. The molecule has 0 aliphatic heterocycles. The van der Waals surface area contributed by atoms with E-state index in [1.165, 1.54) is 30.3 Å². The molecule has 0 saturated carbocycles. The molecule has 0 aliphatic rings. The molecule has 128 valence electrons. The standard InChI is InChI=1S/C18H14F2N2O3/c1-2-10-21-17(24)14-8-3-4-9-15(14)22-16(23)12-6-5-7-13(11-12)25-18(19)20/h1,3-9,11,18H,10H2,(H,21,24)(H,22,23). The number of ether oxygens (including phenoxy) is 1. The zero-order valence-electron chi connectivity index (χ0n) is 13.0. The molecular formula is C18H14F2N2O3. The Labute approximate surface area is 143 Å². The third-order valence-electron chi connectivity index (χ3n) is 3.09. The lowest BCUT2D eigenvalue weighted by Gasteiger charge is -2.11. The van der Waals surface area contributed by atoms with Crippen molar-refractivity contribution in [1.82, 2.24) is 5.32 Å². The van der Waals surface area contributed by atoms with Crippen molar-refractivity contribution in [2.75, 3.05) is 11.9 Å². The first-order chi connectivity index (χ1) is 12.0. The van der Waals surface area contributed by atoms with Crippen molar-refractivity contribution in [3.8, 4) is 18.1 Å². The molecular weight excluding hydrogens is 330 g/mol. The van der Waals surface area contributed by atoms with Crippen LogP contribution in [0.4, 0.5) is 14.5 Å². The van der Waals surface area contributed by atoms with Gasteiger partial charge in [-0.25, -0.2) is 0 Å². The molecule has 0 spiro atoms. The van der Waals surface area contributed by atoms with Crippen molar-refractivity contribution in [3.63, 3.8) is 0 Å². The molecule has 2 amide bonds. The minimum Gasteiger partial charge on any atom is -0.435 e. The molecule has 2 rings (SSSR count). The summed E-state index contributed by atoms with van der Waals surface area (Å²) < 4.78 is 28.8. The molecule has 0 heterocycles. The second-order valence-electron chi connectivity index (χ2n) is 4.79. The van der Waals surface area contributed by atoms with Gasteiger partial charge < -0.3 is 15.4 Å². The van der Waals surface area contributed by atoms with Gasteiger partial charge in [-0.3, -0.25) is 9.59 Å². The van der Waals surface area contributed by atoms with Crippen molar-refractivity contribution in [1.29, 1.82) is 0 Å². The lowest BCUT2D eigenvalue weighted by atomic mass is 10.1. The Hall–Kier alpha value is -3.40. The van der Waals surface area contributed by atoms with Gasteiger partial charge >= 0.3 is 6.61 Å². The fourth-order valence-electron chi connectivity index (χ4n) is 2.02. The van der Waals surface area contributed by atoms with Crippen LogP contribution in [0.15, 0.2) is 48.5 Å². The molecule has 7 heteroatoms. The van der Waals surface area contributed by atoms with Crippen molar-refractivity contribution in [2.45, 2.75) is 6.61 Å². The van der Waals surface area contributed by atoms with Crippen LogP contribution < -0.4 is 15.4 Å². The molecule has 5 nitrogen and oxygen atoms in total. The van der Waals surface area contributed by atoms with Crippen LogP contribution in [-0.4, -0.2) is 25.0 Å². The maximum absolute atomic E-state index is 12.3. The number of nitrogens with one attached hydrogen (secondary N) is 2. The van der Waals surface area contributed by atoms with Gasteiger partial charge in [-0.1, -0.05) is 24.1 Å². The largest absolute Gasteiger partial charge is 0.435 e. The number of rotatable bonds is 6. The van der Waals surface area contributed by atoms with Crippen LogP contribution in [0.2, 0.25) is 0 Å². The van der Waals surface area contributed by atoms with E-state index in [2.05, 4.69) is 21.3 Å². The molecule has 25 heavy (non-hydrogen) atoms. The maximum Gasteiger partial charge on any atom is 0.387 e. The first-order valence-electron chi connectivity index (χ1n) is 7.18. The number of hydrogen-bond donors (Lipinski definition) is 2. The summed E-state index contributed by atoms with van der Waals surface area (Å²) >= 11 is 0. The summed E-state index contributed by atoms with van der Waals surface area (Å²) in [4.78, 5) is 24.4. The number of carbonyl (C=O) groups excluding carboxylic acids is 2. The van der Waals surface area contributed by atoms with E-state index in [-0.39, 0.29) is 29.1 Å². The zero-order chi connectivity index (χ0) is 18.2. The Bertz CT molecular complexity index is 816. The van der Waals surface area contributed by atoms with Crippen LogP contribution in [0, 0.1) is 12.3 Å². The fraction of sp³-hybridized carbons (Fsp3) is 0.111. The number of amides is 2. The van der Waals surface area contributed by atoms with Crippen molar-refractivity contribution < 1.29 is 23.1 Å². The van der Waals surface area contributed by atoms with Gasteiger partial charge in [0.25, 0.3) is 11.8 Å². The zero-order valence-corrected chi connectivity index (χ0v) is 13.0. The van der Waals surface area contributed by atoms with Gasteiger partial charge in [0.05, 0.1) is 17.8 Å². The number of halogens is 2. The summed E-state index contributed by atoms with van der Waals surface area (Å²) in [6.45, 7) is -2.94. The quantitative estimate of drug-likeness (QED) is 0.792. The summed E-state index contributed by atoms with van der Waals surface area (Å²) in [6.07, 6.45) is 5.10. The average Bonchev–Trinajstić information content (AvgIpc) is 2.59. The van der Waals surface area contributed by atoms with E-state index in [1.54, 1.807) is 18.2 Å². The first-order valence-corrected chi connectivity index (χ1v) is 7.18. The highest BCUT2D eigenvalue weighted by atomic mass is 19.3. The highest BCUT2D eigenvalue weighted by Gasteiger charge is 2.14. The van der Waals surface area contributed by atoms with Crippen LogP contribution in [0.5, 0.6) is 5.75 Å². The number of carbonyl (C=O) groups is 2. The minimum atomic E-state index is -2.99. The van der Waals surface area contributed by atoms with Gasteiger partial charge in [-0.05, 0) is 30.3 Å². The number of hydrogen-bond acceptors (Lipinski definition) is 3. The molecule has 0 saturated heterocycles. The Kier molecular flexibility index (Phi) is 6.07. The molecule has 0 aromatic heterocycles. The van der Waals surface area contributed by atoms with E-state index in [4.69, 9.17) is 6.42 Å². The van der Waals surface area contributed by atoms with Gasteiger partial charge in [0.15, 0.2) is 0 Å². The topological polar surface area (TPSA) is 67.4 Å². The maximum atomic E-state index is 12.3. The summed E-state index contributed by atoms with van der Waals surface area (Å²) in [7, 11) is 0. The van der Waals surface area contributed by atoms with Gasteiger partial charge in [0.2, 0.25) is 0 Å². The van der Waals surface area contributed by atoms with E-state index in [0.29, 0.717) is 0 Å². The third-order valence-corrected chi connectivity index (χ3v) is 3.09. The molecule has 2 aromatic carbocycles. The molecule has 0 unspecified atom stereocenters. The van der Waals surface area contributed by atoms with Crippen LogP contribution in [0.25, 0.3) is 0 Å².